The van der Waals surface area contributed by atoms with E-state index < -0.39 is 18.2 Å². The minimum absolute atomic E-state index is 0.0494. The fourth-order valence-electron chi connectivity index (χ4n) is 6.09. The Bertz CT molecular complexity index is 1070. The number of methoxy groups -OCH3 is 1. The summed E-state index contributed by atoms with van der Waals surface area (Å²) in [5.74, 6) is 0.884. The molecular weight excluding hydrogens is 643 g/mol. The van der Waals surface area contributed by atoms with E-state index in [2.05, 4.69) is 27.9 Å². The van der Waals surface area contributed by atoms with Gasteiger partial charge in [0.1, 0.15) is 12.2 Å². The van der Waals surface area contributed by atoms with E-state index in [0.29, 0.717) is 51.7 Å². The average Bonchev–Trinajstić information content (AvgIpc) is 3.70. The molecule has 1 heterocycles. The normalized spacial score (nSPS) is 24.7. The predicted octanol–water partition coefficient (Wildman–Crippen LogP) is 2.69. The first kappa shape index (κ1) is 32.0. The number of amides is 2. The van der Waals surface area contributed by atoms with Crippen LogP contribution in [0.1, 0.15) is 63.4 Å². The third-order valence-corrected chi connectivity index (χ3v) is 9.13. The van der Waals surface area contributed by atoms with Crippen LogP contribution in [0.5, 0.6) is 11.5 Å². The highest BCUT2D eigenvalue weighted by atomic mass is 127. The Morgan fingerprint density at radius 1 is 1.17 bits per heavy atom. The van der Waals surface area contributed by atoms with Crippen molar-refractivity contribution >= 4 is 34.4 Å². The second-order valence-electron chi connectivity index (χ2n) is 11.2. The minimum atomic E-state index is -1.13. The van der Waals surface area contributed by atoms with Crippen molar-refractivity contribution < 1.29 is 39.1 Å². The number of aliphatic hydroxyl groups is 3. The van der Waals surface area contributed by atoms with E-state index in [-0.39, 0.29) is 44.1 Å². The summed E-state index contributed by atoms with van der Waals surface area (Å²) in [7, 11) is 1.50. The van der Waals surface area contributed by atoms with Crippen molar-refractivity contribution in [3.63, 3.8) is 0 Å². The summed E-state index contributed by atoms with van der Waals surface area (Å²) in [4.78, 5) is 28.6. The molecule has 41 heavy (non-hydrogen) atoms. The monoisotopic (exact) mass is 686 g/mol. The van der Waals surface area contributed by atoms with Gasteiger partial charge in [0.25, 0.3) is 0 Å². The fourth-order valence-corrected chi connectivity index (χ4v) is 6.89. The third-order valence-electron chi connectivity index (χ3n) is 8.33. The van der Waals surface area contributed by atoms with E-state index in [0.717, 1.165) is 32.1 Å². The highest BCUT2D eigenvalue weighted by Crippen LogP contribution is 2.37. The quantitative estimate of drug-likeness (QED) is 0.233. The molecule has 0 bridgehead atoms. The number of benzene rings is 1. The summed E-state index contributed by atoms with van der Waals surface area (Å²) < 4.78 is 18.4. The number of halogens is 1. The van der Waals surface area contributed by atoms with Gasteiger partial charge in [-0.1, -0.05) is 25.7 Å². The number of nitrogens with zero attached hydrogens (tertiary/aromatic N) is 1. The van der Waals surface area contributed by atoms with Crippen LogP contribution < -0.4 is 14.8 Å². The summed E-state index contributed by atoms with van der Waals surface area (Å²) in [5.41, 5.74) is 1.02. The maximum Gasteiger partial charge on any atom is 0.247 e. The van der Waals surface area contributed by atoms with Crippen molar-refractivity contribution in [2.75, 3.05) is 33.4 Å². The van der Waals surface area contributed by atoms with E-state index >= 15 is 0 Å². The second-order valence-corrected chi connectivity index (χ2v) is 12.3. The van der Waals surface area contributed by atoms with E-state index in [1.807, 2.05) is 0 Å². The lowest BCUT2D eigenvalue weighted by Crippen LogP contribution is -2.56. The molecule has 1 saturated heterocycles. The molecule has 228 valence electrons. The molecule has 4 rings (SSSR count). The highest BCUT2D eigenvalue weighted by molar-refractivity contribution is 14.1. The van der Waals surface area contributed by atoms with Crippen LogP contribution in [-0.4, -0.2) is 89.8 Å². The molecule has 0 unspecified atom stereocenters. The van der Waals surface area contributed by atoms with Crippen LogP contribution in [0.2, 0.25) is 0 Å². The molecule has 2 fully saturated rings. The number of aliphatic hydroxyl groups excluding tert-OH is 3. The predicted molar refractivity (Wildman–Crippen MR) is 161 cm³/mol. The van der Waals surface area contributed by atoms with Crippen molar-refractivity contribution in [2.24, 2.45) is 5.92 Å². The van der Waals surface area contributed by atoms with Gasteiger partial charge in [-0.25, -0.2) is 0 Å². The van der Waals surface area contributed by atoms with Gasteiger partial charge in [-0.05, 0) is 71.5 Å². The Morgan fingerprint density at radius 2 is 1.95 bits per heavy atom. The standard InChI is InChI=1S/C30H43IN2O8/c1-39-26-14-20(18-35)13-23(31)29(26)41-25-16-21(30(38)32-10-11-34)15-24(28(25)37)33(17-22-7-4-12-40-22)27(36)9-8-19-5-2-3-6-19/h13-14,16,19,22,24-25,28,34-35,37H,2-12,15,17-18H2,1H3,(H,32,38)/t22-,24-,25+,28+/m1/s1. The zero-order valence-corrected chi connectivity index (χ0v) is 25.9. The lowest BCUT2D eigenvalue weighted by Gasteiger charge is -2.41. The summed E-state index contributed by atoms with van der Waals surface area (Å²) in [6.45, 7) is 0.697. The maximum atomic E-state index is 13.8. The topological polar surface area (TPSA) is 138 Å². The molecule has 0 radical (unpaired) electrons. The molecule has 1 aliphatic heterocycles. The first-order valence-electron chi connectivity index (χ1n) is 14.7. The van der Waals surface area contributed by atoms with Crippen LogP contribution in [-0.2, 0) is 20.9 Å². The average molecular weight is 687 g/mol. The van der Waals surface area contributed by atoms with Gasteiger partial charge < -0.3 is 39.7 Å². The molecule has 4 atom stereocenters. The Balaban J connectivity index is 1.64. The SMILES string of the molecule is COc1cc(CO)cc(I)c1O[C@H]1C=C(C(=O)NCCO)C[C@@H](N(C[C@H]2CCCO2)C(=O)CCC2CCCC2)[C@@H]1O. The highest BCUT2D eigenvalue weighted by Gasteiger charge is 2.42. The molecule has 2 aliphatic carbocycles. The van der Waals surface area contributed by atoms with Crippen molar-refractivity contribution in [1.82, 2.24) is 10.2 Å². The Morgan fingerprint density at radius 3 is 2.61 bits per heavy atom. The zero-order valence-electron chi connectivity index (χ0n) is 23.7. The summed E-state index contributed by atoms with van der Waals surface area (Å²) >= 11 is 2.08. The van der Waals surface area contributed by atoms with Gasteiger partial charge in [-0.15, -0.1) is 0 Å². The maximum absolute atomic E-state index is 13.8. The molecule has 0 spiro atoms. The molecule has 1 aromatic carbocycles. The van der Waals surface area contributed by atoms with Gasteiger partial charge in [-0.3, -0.25) is 9.59 Å². The third kappa shape index (κ3) is 8.34. The molecule has 4 N–H and O–H groups in total. The molecule has 11 heteroatoms. The summed E-state index contributed by atoms with van der Waals surface area (Å²) in [6.07, 6.45) is 7.20. The second kappa shape index (κ2) is 15.5. The molecule has 0 aromatic heterocycles. The van der Waals surface area contributed by atoms with Crippen molar-refractivity contribution in [3.8, 4) is 11.5 Å². The number of carbonyl (C=O) groups excluding carboxylic acids is 2. The minimum Gasteiger partial charge on any atom is -0.493 e. The Labute approximate surface area is 255 Å². The number of ether oxygens (including phenoxy) is 3. The number of hydrogen-bond donors (Lipinski definition) is 4. The van der Waals surface area contributed by atoms with Crippen molar-refractivity contribution in [3.05, 3.63) is 32.9 Å². The smallest absolute Gasteiger partial charge is 0.247 e. The molecule has 10 nitrogen and oxygen atoms in total. The summed E-state index contributed by atoms with van der Waals surface area (Å²) in [6, 6.07) is 2.72. The van der Waals surface area contributed by atoms with E-state index in [9.17, 15) is 24.9 Å². The fraction of sp³-hybridized carbons (Fsp3) is 0.667. The number of rotatable bonds is 13. The molecule has 1 aromatic rings. The van der Waals surface area contributed by atoms with Gasteiger partial charge in [0.05, 0.1) is 36.0 Å². The lowest BCUT2D eigenvalue weighted by atomic mass is 9.87. The molecule has 1 saturated carbocycles. The van der Waals surface area contributed by atoms with Crippen molar-refractivity contribution in [1.29, 1.82) is 0 Å². The molecular formula is C30H43IN2O8. The number of nitrogens with one attached hydrogen (secondary N) is 1. The van der Waals surface area contributed by atoms with Crippen LogP contribution in [0.15, 0.2) is 23.8 Å². The van der Waals surface area contributed by atoms with Crippen LogP contribution >= 0.6 is 22.6 Å². The summed E-state index contributed by atoms with van der Waals surface area (Å²) in [5, 5.41) is 33.3. The van der Waals surface area contributed by atoms with Gasteiger partial charge in [0, 0.05) is 38.1 Å². The van der Waals surface area contributed by atoms with Gasteiger partial charge >= 0.3 is 0 Å². The first-order valence-corrected chi connectivity index (χ1v) is 15.7. The first-order chi connectivity index (χ1) is 19.8. The molecule has 3 aliphatic rings. The van der Waals surface area contributed by atoms with E-state index in [4.69, 9.17) is 14.2 Å². The molecule has 2 amide bonds. The van der Waals surface area contributed by atoms with Gasteiger partial charge in [0.2, 0.25) is 11.8 Å². The van der Waals surface area contributed by atoms with Crippen LogP contribution in [0.4, 0.5) is 0 Å². The Kier molecular flexibility index (Phi) is 12.1. The number of carbonyl (C=O) groups is 2. The van der Waals surface area contributed by atoms with Crippen molar-refractivity contribution in [2.45, 2.75) is 88.7 Å². The van der Waals surface area contributed by atoms with E-state index in [1.165, 1.54) is 20.0 Å². The Hall–Kier alpha value is -1.93. The van der Waals surface area contributed by atoms with Gasteiger partial charge in [-0.2, -0.15) is 0 Å². The van der Waals surface area contributed by atoms with E-state index in [1.54, 1.807) is 23.1 Å². The van der Waals surface area contributed by atoms with Crippen LogP contribution in [0.25, 0.3) is 0 Å². The van der Waals surface area contributed by atoms with Gasteiger partial charge in [0.15, 0.2) is 11.5 Å². The lowest BCUT2D eigenvalue weighted by molar-refractivity contribution is -0.141. The zero-order chi connectivity index (χ0) is 29.4. The van der Waals surface area contributed by atoms with Crippen LogP contribution in [0.3, 0.4) is 0 Å². The van der Waals surface area contributed by atoms with Crippen LogP contribution in [0, 0.1) is 9.49 Å². The number of hydrogen-bond acceptors (Lipinski definition) is 8. The largest absolute Gasteiger partial charge is 0.493 e.